The Hall–Kier alpha value is -2.25. The van der Waals surface area contributed by atoms with Gasteiger partial charge in [0.05, 0.1) is 30.6 Å². The highest BCUT2D eigenvalue weighted by Crippen LogP contribution is 2.28. The van der Waals surface area contributed by atoms with Crippen LogP contribution in [0, 0.1) is 19.7 Å². The molecule has 1 saturated heterocycles. The smallest absolute Gasteiger partial charge is 0.186 e. The van der Waals surface area contributed by atoms with Gasteiger partial charge in [0.15, 0.2) is 5.13 Å². The summed E-state index contributed by atoms with van der Waals surface area (Å²) in [5.74, 6) is -0.232. The molecule has 3 aromatic rings. The van der Waals surface area contributed by atoms with Crippen molar-refractivity contribution in [3.63, 3.8) is 0 Å². The van der Waals surface area contributed by atoms with Gasteiger partial charge in [0.2, 0.25) is 0 Å². The number of hydrogen-bond donors (Lipinski definition) is 0. The molecule has 0 N–H and O–H groups in total. The number of anilines is 1. The maximum atomic E-state index is 13.1. The summed E-state index contributed by atoms with van der Waals surface area (Å²) in [6.45, 7) is 7.10. The van der Waals surface area contributed by atoms with Crippen LogP contribution in [0.5, 0.6) is 0 Å². The average Bonchev–Trinajstić information content (AvgIpc) is 3.23. The van der Waals surface area contributed by atoms with Gasteiger partial charge in [0.25, 0.3) is 0 Å². The van der Waals surface area contributed by atoms with Crippen LogP contribution >= 0.6 is 11.3 Å². The van der Waals surface area contributed by atoms with Gasteiger partial charge >= 0.3 is 0 Å². The second-order valence-corrected chi connectivity index (χ2v) is 7.41. The van der Waals surface area contributed by atoms with Gasteiger partial charge < -0.3 is 9.64 Å². The van der Waals surface area contributed by atoms with Crippen molar-refractivity contribution in [3.05, 3.63) is 52.9 Å². The first-order valence-electron chi connectivity index (χ1n) is 8.67. The van der Waals surface area contributed by atoms with Gasteiger partial charge in [-0.05, 0) is 44.2 Å². The van der Waals surface area contributed by atoms with Gasteiger partial charge in [0, 0.05) is 29.7 Å². The van der Waals surface area contributed by atoms with Crippen molar-refractivity contribution in [1.82, 2.24) is 14.8 Å². The number of hydrogen-bond acceptors (Lipinski definition) is 5. The number of thiazole rings is 1. The minimum atomic E-state index is -0.232. The third-order valence-corrected chi connectivity index (χ3v) is 5.42. The molecule has 1 aliphatic rings. The summed E-state index contributed by atoms with van der Waals surface area (Å²) in [4.78, 5) is 7.00. The van der Waals surface area contributed by atoms with E-state index in [1.165, 1.54) is 12.1 Å². The summed E-state index contributed by atoms with van der Waals surface area (Å²) in [6.07, 6.45) is 0.0833. The lowest BCUT2D eigenvalue weighted by Crippen LogP contribution is -2.44. The summed E-state index contributed by atoms with van der Waals surface area (Å²) in [5.41, 5.74) is 3.99. The number of aryl methyl sites for hydroxylation is 2. The van der Waals surface area contributed by atoms with Crippen molar-refractivity contribution in [1.29, 1.82) is 0 Å². The molecule has 2 aromatic heterocycles. The molecule has 0 amide bonds. The van der Waals surface area contributed by atoms with Crippen LogP contribution in [0.3, 0.4) is 0 Å². The third kappa shape index (κ3) is 3.64. The Labute approximate surface area is 156 Å². The quantitative estimate of drug-likeness (QED) is 0.701. The normalized spacial score (nSPS) is 17.7. The van der Waals surface area contributed by atoms with Crippen LogP contribution in [0.25, 0.3) is 11.3 Å². The first kappa shape index (κ1) is 17.2. The third-order valence-electron chi connectivity index (χ3n) is 4.52. The van der Waals surface area contributed by atoms with Crippen molar-refractivity contribution in [2.75, 3.05) is 24.6 Å². The number of aromatic nitrogens is 3. The van der Waals surface area contributed by atoms with Crippen LogP contribution in [-0.4, -0.2) is 40.6 Å². The number of nitrogens with zero attached hydrogens (tertiary/aromatic N) is 4. The second kappa shape index (κ2) is 7.17. The van der Waals surface area contributed by atoms with Gasteiger partial charge in [-0.3, -0.25) is 4.68 Å². The van der Waals surface area contributed by atoms with E-state index in [4.69, 9.17) is 9.72 Å². The van der Waals surface area contributed by atoms with Gasteiger partial charge in [-0.2, -0.15) is 5.10 Å². The minimum Gasteiger partial charge on any atom is -0.373 e. The maximum absolute atomic E-state index is 13.1. The predicted octanol–water partition coefficient (Wildman–Crippen LogP) is 3.67. The lowest BCUT2D eigenvalue weighted by molar-refractivity contribution is 0.0270. The van der Waals surface area contributed by atoms with Crippen LogP contribution in [0.4, 0.5) is 9.52 Å². The predicted molar refractivity (Wildman–Crippen MR) is 101 cm³/mol. The zero-order valence-corrected chi connectivity index (χ0v) is 15.7. The molecule has 4 rings (SSSR count). The lowest BCUT2D eigenvalue weighted by atomic mass is 10.2. The Morgan fingerprint density at radius 1 is 1.27 bits per heavy atom. The van der Waals surface area contributed by atoms with E-state index in [0.717, 1.165) is 47.4 Å². The van der Waals surface area contributed by atoms with Crippen LogP contribution in [0.1, 0.15) is 11.4 Å². The van der Waals surface area contributed by atoms with Crippen LogP contribution in [0.15, 0.2) is 35.7 Å². The summed E-state index contributed by atoms with van der Waals surface area (Å²) >= 11 is 1.61. The summed E-state index contributed by atoms with van der Waals surface area (Å²) in [7, 11) is 0. The number of rotatable bonds is 4. The molecule has 0 aliphatic carbocycles. The molecule has 1 aliphatic heterocycles. The fourth-order valence-electron chi connectivity index (χ4n) is 3.22. The molecule has 1 atom stereocenters. The van der Waals surface area contributed by atoms with Gasteiger partial charge in [-0.15, -0.1) is 11.3 Å². The molecule has 0 saturated carbocycles. The molecule has 3 heterocycles. The number of morpholine rings is 1. The molecular formula is C19H21FN4OS. The van der Waals surface area contributed by atoms with Gasteiger partial charge in [0.1, 0.15) is 5.82 Å². The van der Waals surface area contributed by atoms with E-state index in [9.17, 15) is 4.39 Å². The van der Waals surface area contributed by atoms with Crippen molar-refractivity contribution in [3.8, 4) is 11.3 Å². The lowest BCUT2D eigenvalue weighted by Gasteiger charge is -2.32. The van der Waals surface area contributed by atoms with Crippen molar-refractivity contribution < 1.29 is 9.13 Å². The van der Waals surface area contributed by atoms with E-state index in [1.807, 2.05) is 17.0 Å². The first-order chi connectivity index (χ1) is 12.6. The Morgan fingerprint density at radius 3 is 2.81 bits per heavy atom. The van der Waals surface area contributed by atoms with Crippen molar-refractivity contribution in [2.24, 2.45) is 0 Å². The van der Waals surface area contributed by atoms with Crippen LogP contribution in [-0.2, 0) is 11.3 Å². The average molecular weight is 372 g/mol. The van der Waals surface area contributed by atoms with E-state index < -0.39 is 0 Å². The highest BCUT2D eigenvalue weighted by atomic mass is 32.1. The van der Waals surface area contributed by atoms with Gasteiger partial charge in [-0.25, -0.2) is 9.37 Å². The zero-order valence-electron chi connectivity index (χ0n) is 14.9. The number of halogens is 1. The molecule has 1 aromatic carbocycles. The number of benzene rings is 1. The van der Waals surface area contributed by atoms with E-state index in [2.05, 4.69) is 23.0 Å². The summed E-state index contributed by atoms with van der Waals surface area (Å²) in [6, 6.07) is 8.54. The largest absolute Gasteiger partial charge is 0.373 e. The second-order valence-electron chi connectivity index (χ2n) is 6.57. The highest BCUT2D eigenvalue weighted by Gasteiger charge is 2.24. The molecule has 5 nitrogen and oxygen atoms in total. The van der Waals surface area contributed by atoms with E-state index in [-0.39, 0.29) is 11.9 Å². The topological polar surface area (TPSA) is 43.2 Å². The number of ether oxygens (including phenoxy) is 1. The van der Waals surface area contributed by atoms with Crippen LogP contribution < -0.4 is 4.90 Å². The molecule has 0 radical (unpaired) electrons. The maximum Gasteiger partial charge on any atom is 0.186 e. The Balaban J connectivity index is 1.46. The Morgan fingerprint density at radius 2 is 2.08 bits per heavy atom. The molecule has 7 heteroatoms. The van der Waals surface area contributed by atoms with E-state index in [1.54, 1.807) is 23.5 Å². The fraction of sp³-hybridized carbons (Fsp3) is 0.368. The van der Waals surface area contributed by atoms with Crippen molar-refractivity contribution >= 4 is 16.5 Å². The van der Waals surface area contributed by atoms with Gasteiger partial charge in [-0.1, -0.05) is 0 Å². The zero-order chi connectivity index (χ0) is 18.1. The highest BCUT2D eigenvalue weighted by molar-refractivity contribution is 7.14. The Bertz CT molecular complexity index is 889. The summed E-state index contributed by atoms with van der Waals surface area (Å²) < 4.78 is 21.0. The molecule has 1 unspecified atom stereocenters. The molecule has 0 spiro atoms. The molecule has 26 heavy (non-hydrogen) atoms. The molecular weight excluding hydrogens is 351 g/mol. The first-order valence-corrected chi connectivity index (χ1v) is 9.55. The fourth-order valence-corrected chi connectivity index (χ4v) is 4.09. The summed E-state index contributed by atoms with van der Waals surface area (Å²) in [5, 5.41) is 7.53. The molecule has 1 fully saturated rings. The van der Waals surface area contributed by atoms with Crippen molar-refractivity contribution in [2.45, 2.75) is 26.5 Å². The molecule has 136 valence electrons. The monoisotopic (exact) mass is 372 g/mol. The van der Waals surface area contributed by atoms with Crippen LogP contribution in [0.2, 0.25) is 0 Å². The standard InChI is InChI=1S/C19H21FN4OS/c1-13-9-14(2)24(22-13)11-17-10-23(7-8-25-17)19-21-18(12-26-19)15-3-5-16(20)6-4-15/h3-6,9,12,17H,7-8,10-11H2,1-2H3. The molecule has 0 bridgehead atoms. The SMILES string of the molecule is Cc1cc(C)n(CC2CN(c3nc(-c4ccc(F)cc4)cs3)CCO2)n1. The Kier molecular flexibility index (Phi) is 4.74. The van der Waals surface area contributed by atoms with E-state index >= 15 is 0 Å². The van der Waals surface area contributed by atoms with E-state index in [0.29, 0.717) is 6.61 Å². The minimum absolute atomic E-state index is 0.0833.